The van der Waals surface area contributed by atoms with Gasteiger partial charge in [0.2, 0.25) is 0 Å². The Labute approximate surface area is 112 Å². The van der Waals surface area contributed by atoms with Gasteiger partial charge in [0.1, 0.15) is 0 Å². The molecule has 0 aromatic carbocycles. The minimum Gasteiger partial charge on any atom is -0.397 e. The van der Waals surface area contributed by atoms with Gasteiger partial charge in [0, 0.05) is 19.0 Å². The lowest BCUT2D eigenvalue weighted by atomic mass is 9.99. The number of carbonyl (C=O) groups is 1. The lowest BCUT2D eigenvalue weighted by Crippen LogP contribution is -2.32. The van der Waals surface area contributed by atoms with Gasteiger partial charge >= 0.3 is 0 Å². The SMILES string of the molecule is CC1CCN(c2cc(N)c(C(=O)C3CC3)s2)CC1. The van der Waals surface area contributed by atoms with E-state index in [-0.39, 0.29) is 11.7 Å². The van der Waals surface area contributed by atoms with E-state index in [1.807, 2.05) is 6.07 Å². The summed E-state index contributed by atoms with van der Waals surface area (Å²) < 4.78 is 0. The van der Waals surface area contributed by atoms with Crippen molar-refractivity contribution in [3.05, 3.63) is 10.9 Å². The van der Waals surface area contributed by atoms with Crippen LogP contribution in [0.25, 0.3) is 0 Å². The number of rotatable bonds is 3. The summed E-state index contributed by atoms with van der Waals surface area (Å²) >= 11 is 1.60. The first-order valence-corrected chi connectivity index (χ1v) is 7.65. The Morgan fingerprint density at radius 3 is 2.61 bits per heavy atom. The number of nitrogens with zero attached hydrogens (tertiary/aromatic N) is 1. The molecule has 0 amide bonds. The molecule has 1 aromatic rings. The summed E-state index contributed by atoms with van der Waals surface area (Å²) in [6, 6.07) is 2.00. The molecule has 18 heavy (non-hydrogen) atoms. The van der Waals surface area contributed by atoms with Crippen molar-refractivity contribution in [1.29, 1.82) is 0 Å². The van der Waals surface area contributed by atoms with E-state index >= 15 is 0 Å². The molecule has 98 valence electrons. The molecule has 2 N–H and O–H groups in total. The summed E-state index contributed by atoms with van der Waals surface area (Å²) in [5, 5.41) is 1.18. The van der Waals surface area contributed by atoms with Crippen molar-refractivity contribution in [1.82, 2.24) is 0 Å². The van der Waals surface area contributed by atoms with Gasteiger partial charge in [0.15, 0.2) is 5.78 Å². The number of carbonyl (C=O) groups excluding carboxylic acids is 1. The van der Waals surface area contributed by atoms with Crippen LogP contribution in [0.3, 0.4) is 0 Å². The highest BCUT2D eigenvalue weighted by molar-refractivity contribution is 7.18. The zero-order valence-corrected chi connectivity index (χ0v) is 11.6. The van der Waals surface area contributed by atoms with Crippen molar-refractivity contribution in [3.8, 4) is 0 Å². The third-order valence-electron chi connectivity index (χ3n) is 4.02. The van der Waals surface area contributed by atoms with Crippen molar-refractivity contribution in [2.75, 3.05) is 23.7 Å². The molecule has 3 nitrogen and oxygen atoms in total. The number of anilines is 2. The van der Waals surface area contributed by atoms with Crippen LogP contribution in [0, 0.1) is 11.8 Å². The summed E-state index contributed by atoms with van der Waals surface area (Å²) in [6.07, 6.45) is 4.58. The predicted octanol–water partition coefficient (Wildman–Crippen LogP) is 3.16. The average Bonchev–Trinajstić information content (AvgIpc) is 3.13. The Kier molecular flexibility index (Phi) is 3.06. The van der Waals surface area contributed by atoms with E-state index in [1.165, 1.54) is 17.8 Å². The van der Waals surface area contributed by atoms with Gasteiger partial charge in [-0.15, -0.1) is 11.3 Å². The van der Waals surface area contributed by atoms with Crippen LogP contribution in [-0.4, -0.2) is 18.9 Å². The molecule has 2 fully saturated rings. The van der Waals surface area contributed by atoms with Crippen molar-refractivity contribution in [3.63, 3.8) is 0 Å². The Balaban J connectivity index is 1.77. The van der Waals surface area contributed by atoms with Crippen LogP contribution in [0.2, 0.25) is 0 Å². The zero-order chi connectivity index (χ0) is 12.7. The van der Waals surface area contributed by atoms with Gasteiger partial charge in [0.05, 0.1) is 15.6 Å². The van der Waals surface area contributed by atoms with Crippen LogP contribution in [0.4, 0.5) is 10.7 Å². The number of nitrogen functional groups attached to an aromatic ring is 1. The minimum absolute atomic E-state index is 0.264. The summed E-state index contributed by atoms with van der Waals surface area (Å²) in [6.45, 7) is 4.50. The molecule has 3 rings (SSSR count). The second-order valence-corrected chi connectivity index (χ2v) is 6.71. The van der Waals surface area contributed by atoms with Crippen molar-refractivity contribution in [2.24, 2.45) is 11.8 Å². The van der Waals surface area contributed by atoms with E-state index in [0.29, 0.717) is 5.69 Å². The topological polar surface area (TPSA) is 46.3 Å². The fourth-order valence-corrected chi connectivity index (χ4v) is 3.65. The first-order chi connectivity index (χ1) is 8.65. The Hall–Kier alpha value is -1.03. The number of hydrogen-bond acceptors (Lipinski definition) is 4. The van der Waals surface area contributed by atoms with Crippen LogP contribution in [0.1, 0.15) is 42.3 Å². The van der Waals surface area contributed by atoms with Crippen molar-refractivity contribution in [2.45, 2.75) is 32.6 Å². The van der Waals surface area contributed by atoms with E-state index in [2.05, 4.69) is 11.8 Å². The maximum absolute atomic E-state index is 12.1. The van der Waals surface area contributed by atoms with E-state index in [4.69, 9.17) is 5.73 Å². The number of nitrogens with two attached hydrogens (primary N) is 1. The van der Waals surface area contributed by atoms with E-state index in [1.54, 1.807) is 11.3 Å². The lowest BCUT2D eigenvalue weighted by Gasteiger charge is -2.30. The molecule has 0 unspecified atom stereocenters. The molecule has 2 aliphatic rings. The average molecular weight is 264 g/mol. The van der Waals surface area contributed by atoms with Gasteiger partial charge in [-0.3, -0.25) is 4.79 Å². The molecule has 4 heteroatoms. The van der Waals surface area contributed by atoms with Gasteiger partial charge in [-0.2, -0.15) is 0 Å². The monoisotopic (exact) mass is 264 g/mol. The highest BCUT2D eigenvalue weighted by Gasteiger charge is 2.33. The molecular formula is C14H20N2OS. The second-order valence-electron chi connectivity index (χ2n) is 5.68. The maximum Gasteiger partial charge on any atom is 0.178 e. The maximum atomic E-state index is 12.1. The molecule has 1 saturated heterocycles. The molecule has 0 radical (unpaired) electrons. The third kappa shape index (κ3) is 2.26. The first kappa shape index (κ1) is 12.0. The molecule has 0 spiro atoms. The van der Waals surface area contributed by atoms with Crippen LogP contribution in [0.15, 0.2) is 6.07 Å². The molecular weight excluding hydrogens is 244 g/mol. The van der Waals surface area contributed by atoms with E-state index < -0.39 is 0 Å². The standard InChI is InChI=1S/C14H20N2OS/c1-9-4-6-16(7-5-9)12-8-11(15)14(18-12)13(17)10-2-3-10/h8-10H,2-7,15H2,1H3. The molecule has 1 aromatic heterocycles. The fourth-order valence-electron chi connectivity index (χ4n) is 2.50. The van der Waals surface area contributed by atoms with Crippen molar-refractivity contribution < 1.29 is 4.79 Å². The first-order valence-electron chi connectivity index (χ1n) is 6.83. The molecule has 2 heterocycles. The van der Waals surface area contributed by atoms with Crippen LogP contribution in [0.5, 0.6) is 0 Å². The van der Waals surface area contributed by atoms with Gasteiger partial charge in [-0.1, -0.05) is 6.92 Å². The fraction of sp³-hybridized carbons (Fsp3) is 0.643. The third-order valence-corrected chi connectivity index (χ3v) is 5.24. The Bertz CT molecular complexity index is 456. The van der Waals surface area contributed by atoms with Gasteiger partial charge in [0.25, 0.3) is 0 Å². The summed E-state index contributed by atoms with van der Waals surface area (Å²) in [4.78, 5) is 15.3. The highest BCUT2D eigenvalue weighted by atomic mass is 32.1. The normalized spacial score (nSPS) is 21.3. The number of Topliss-reactive ketones (excluding diaryl/α,β-unsaturated/α-hetero) is 1. The zero-order valence-electron chi connectivity index (χ0n) is 10.8. The van der Waals surface area contributed by atoms with E-state index in [9.17, 15) is 4.79 Å². The number of hydrogen-bond donors (Lipinski definition) is 1. The summed E-state index contributed by atoms with van der Waals surface area (Å²) in [7, 11) is 0. The summed E-state index contributed by atoms with van der Waals surface area (Å²) in [5.74, 6) is 1.36. The molecule has 1 aliphatic heterocycles. The molecule has 0 atom stereocenters. The quantitative estimate of drug-likeness (QED) is 0.853. The summed E-state index contributed by atoms with van der Waals surface area (Å²) in [5.41, 5.74) is 6.69. The van der Waals surface area contributed by atoms with E-state index in [0.717, 1.165) is 36.7 Å². The molecule has 1 saturated carbocycles. The van der Waals surface area contributed by atoms with Crippen LogP contribution >= 0.6 is 11.3 Å². The Morgan fingerprint density at radius 2 is 2.00 bits per heavy atom. The largest absolute Gasteiger partial charge is 0.397 e. The Morgan fingerprint density at radius 1 is 1.33 bits per heavy atom. The molecule has 1 aliphatic carbocycles. The van der Waals surface area contributed by atoms with Crippen LogP contribution < -0.4 is 10.6 Å². The lowest BCUT2D eigenvalue weighted by molar-refractivity contribution is 0.0972. The highest BCUT2D eigenvalue weighted by Crippen LogP contribution is 2.40. The smallest absolute Gasteiger partial charge is 0.178 e. The minimum atomic E-state index is 0.264. The van der Waals surface area contributed by atoms with Gasteiger partial charge in [-0.25, -0.2) is 0 Å². The molecule has 0 bridgehead atoms. The van der Waals surface area contributed by atoms with Crippen LogP contribution in [-0.2, 0) is 0 Å². The predicted molar refractivity (Wildman–Crippen MR) is 76.4 cm³/mol. The number of ketones is 1. The second kappa shape index (κ2) is 4.57. The van der Waals surface area contributed by atoms with Gasteiger partial charge in [-0.05, 0) is 37.7 Å². The number of piperidine rings is 1. The van der Waals surface area contributed by atoms with Crippen molar-refractivity contribution >= 4 is 27.8 Å². The number of thiophene rings is 1. The van der Waals surface area contributed by atoms with Gasteiger partial charge < -0.3 is 10.6 Å².